The second kappa shape index (κ2) is 5.38. The Kier molecular flexibility index (Phi) is 7.46. The molecular formula is H4O6SiV. The van der Waals surface area contributed by atoms with Gasteiger partial charge in [-0.3, -0.25) is 0 Å². The Hall–Kier alpha value is 0.241. The first-order valence-corrected chi connectivity index (χ1v) is 4.19. The monoisotopic (exact) mass is 179 g/mol. The van der Waals surface area contributed by atoms with Crippen LogP contribution in [-0.4, -0.2) is 28.2 Å². The van der Waals surface area contributed by atoms with Gasteiger partial charge in [0, 0.05) is 0 Å². The maximum absolute atomic E-state index is 8.47. The summed E-state index contributed by atoms with van der Waals surface area (Å²) in [5.74, 6) is 0. The molecule has 49 valence electrons. The van der Waals surface area contributed by atoms with Gasteiger partial charge in [0.15, 0.2) is 0 Å². The quantitative estimate of drug-likeness (QED) is 0.297. The Morgan fingerprint density at radius 1 is 1.00 bits per heavy atom. The molecule has 0 atom stereocenters. The van der Waals surface area contributed by atoms with Crippen LogP contribution in [0, 0.1) is 0 Å². The van der Waals surface area contributed by atoms with E-state index in [-0.39, 0.29) is 0 Å². The van der Waals surface area contributed by atoms with Crippen molar-refractivity contribution in [1.29, 1.82) is 0 Å². The van der Waals surface area contributed by atoms with Crippen LogP contribution in [0.4, 0.5) is 0 Å². The fraction of sp³-hybridized carbons (Fsp3) is 0. The van der Waals surface area contributed by atoms with Crippen molar-refractivity contribution < 1.29 is 42.7 Å². The third-order valence-electron chi connectivity index (χ3n) is 0. The van der Waals surface area contributed by atoms with Crippen LogP contribution in [-0.2, 0) is 23.5 Å². The van der Waals surface area contributed by atoms with Crippen molar-refractivity contribution in [3.05, 3.63) is 0 Å². The first-order valence-electron chi connectivity index (χ1n) is 1.26. The predicted molar refractivity (Wildman–Crippen MR) is 16.0 cm³/mol. The van der Waals surface area contributed by atoms with E-state index in [2.05, 4.69) is 0 Å². The van der Waals surface area contributed by atoms with Crippen molar-refractivity contribution >= 4 is 9.05 Å². The molecule has 0 aromatic carbocycles. The van der Waals surface area contributed by atoms with Gasteiger partial charge >= 0.3 is 32.6 Å². The summed E-state index contributed by atoms with van der Waals surface area (Å²) in [6.07, 6.45) is 0. The Morgan fingerprint density at radius 3 is 1.00 bits per heavy atom. The van der Waals surface area contributed by atoms with E-state index >= 15 is 0 Å². The number of hydrogen-bond donors (Lipinski definition) is 4. The van der Waals surface area contributed by atoms with Crippen molar-refractivity contribution in [3.8, 4) is 0 Å². The summed E-state index contributed by atoms with van der Waals surface area (Å²) in [7, 11) is -4.61. The summed E-state index contributed by atoms with van der Waals surface area (Å²) in [6.45, 7) is 0. The Labute approximate surface area is 52.4 Å². The van der Waals surface area contributed by atoms with Crippen molar-refractivity contribution in [3.63, 3.8) is 0 Å². The van der Waals surface area contributed by atoms with E-state index in [1.165, 1.54) is 0 Å². The second-order valence-corrected chi connectivity index (χ2v) is 2.11. The summed E-state index contributed by atoms with van der Waals surface area (Å²) in [4.78, 5) is 29.3. The van der Waals surface area contributed by atoms with Gasteiger partial charge in [0.25, 0.3) is 0 Å². The van der Waals surface area contributed by atoms with Crippen LogP contribution in [0.5, 0.6) is 0 Å². The maximum atomic E-state index is 8.47. The van der Waals surface area contributed by atoms with E-state index < -0.39 is 25.2 Å². The Morgan fingerprint density at radius 2 is 1.00 bits per heavy atom. The average Bonchev–Trinajstić information content (AvgIpc) is 1.27. The zero-order valence-corrected chi connectivity index (χ0v) is 5.95. The summed E-state index contributed by atoms with van der Waals surface area (Å²) in [5.41, 5.74) is 0. The van der Waals surface area contributed by atoms with Crippen LogP contribution in [0.2, 0.25) is 0 Å². The summed E-state index contributed by atoms with van der Waals surface area (Å²) in [5, 5.41) is 0. The third-order valence-corrected chi connectivity index (χ3v) is 0. The van der Waals surface area contributed by atoms with E-state index in [1.54, 1.807) is 0 Å². The molecule has 0 radical (unpaired) electrons. The van der Waals surface area contributed by atoms with Crippen LogP contribution < -0.4 is 0 Å². The molecule has 0 amide bonds. The van der Waals surface area contributed by atoms with E-state index in [1.807, 2.05) is 0 Å². The van der Waals surface area contributed by atoms with Crippen LogP contribution in [0.15, 0.2) is 0 Å². The summed E-state index contributed by atoms with van der Waals surface area (Å²) in [6, 6.07) is 0. The van der Waals surface area contributed by atoms with Crippen LogP contribution in [0.3, 0.4) is 0 Å². The predicted octanol–water partition coefficient (Wildman–Crippen LogP) is -2.85. The van der Waals surface area contributed by atoms with E-state index in [0.717, 1.165) is 0 Å². The third kappa shape index (κ3) is 2940. The fourth-order valence-electron chi connectivity index (χ4n) is 0. The molecule has 0 aliphatic heterocycles. The second-order valence-electron chi connectivity index (χ2n) is 0.675. The summed E-state index contributed by atoms with van der Waals surface area (Å²) < 4.78 is 16.9. The van der Waals surface area contributed by atoms with Crippen LogP contribution in [0.25, 0.3) is 0 Å². The molecule has 8 heteroatoms. The molecule has 0 heterocycles. The molecule has 0 aliphatic rings. The van der Waals surface area contributed by atoms with Gasteiger partial charge in [0.1, 0.15) is 0 Å². The normalized spacial score (nSPS) is 8.50. The van der Waals surface area contributed by atoms with E-state index in [9.17, 15) is 0 Å². The topological polar surface area (TPSA) is 115 Å². The molecule has 0 saturated carbocycles. The van der Waals surface area contributed by atoms with Gasteiger partial charge in [-0.15, -0.1) is 0 Å². The van der Waals surface area contributed by atoms with Crippen molar-refractivity contribution in [2.75, 3.05) is 0 Å². The van der Waals surface area contributed by atoms with Crippen LogP contribution in [0.1, 0.15) is 0 Å². The van der Waals surface area contributed by atoms with E-state index in [4.69, 9.17) is 26.5 Å². The molecule has 0 bridgehead atoms. The molecule has 0 aliphatic carbocycles. The molecule has 0 rings (SSSR count). The Bertz CT molecular complexity index is 69.0. The SMILES string of the molecule is O[Si](O)(O)O.[O]=[V]=[O]. The van der Waals surface area contributed by atoms with Gasteiger partial charge in [0.2, 0.25) is 0 Å². The van der Waals surface area contributed by atoms with Gasteiger partial charge in [-0.05, 0) is 0 Å². The average molecular weight is 179 g/mol. The minimum absolute atomic E-state index is 1.81. The molecule has 0 aromatic rings. The van der Waals surface area contributed by atoms with Crippen molar-refractivity contribution in [2.45, 2.75) is 0 Å². The molecule has 0 unspecified atom stereocenters. The zero-order valence-electron chi connectivity index (χ0n) is 3.55. The molecular weight excluding hydrogens is 175 g/mol. The number of hydrogen-bond acceptors (Lipinski definition) is 6. The Balaban J connectivity index is 0. The first-order chi connectivity index (χ1) is 3.41. The van der Waals surface area contributed by atoms with E-state index in [0.29, 0.717) is 0 Å². The van der Waals surface area contributed by atoms with Gasteiger partial charge in [-0.2, -0.15) is 0 Å². The first kappa shape index (κ1) is 11.1. The molecule has 0 spiro atoms. The van der Waals surface area contributed by atoms with Crippen molar-refractivity contribution in [2.24, 2.45) is 0 Å². The van der Waals surface area contributed by atoms with Gasteiger partial charge in [-0.1, -0.05) is 0 Å². The zero-order chi connectivity index (χ0) is 7.21. The van der Waals surface area contributed by atoms with Crippen molar-refractivity contribution in [1.82, 2.24) is 0 Å². The number of rotatable bonds is 0. The standard InChI is InChI=1S/H4O4Si.2O.V/c1-5(2,3)4;;;/h1-4H;;;. The molecule has 0 fully saturated rings. The molecule has 6 nitrogen and oxygen atoms in total. The van der Waals surface area contributed by atoms with Crippen LogP contribution >= 0.6 is 0 Å². The minimum atomic E-state index is -4.61. The summed E-state index contributed by atoms with van der Waals surface area (Å²) >= 11 is -1.81. The van der Waals surface area contributed by atoms with Gasteiger partial charge in [0.05, 0.1) is 0 Å². The van der Waals surface area contributed by atoms with Gasteiger partial charge in [-0.25, -0.2) is 0 Å². The fourth-order valence-corrected chi connectivity index (χ4v) is 0. The molecule has 0 aromatic heterocycles. The molecule has 0 saturated heterocycles. The molecule has 4 N–H and O–H groups in total. The molecule has 8 heavy (non-hydrogen) atoms. The van der Waals surface area contributed by atoms with Gasteiger partial charge < -0.3 is 19.2 Å².